The van der Waals surface area contributed by atoms with Crippen LogP contribution in [0.3, 0.4) is 0 Å². The van der Waals surface area contributed by atoms with Gasteiger partial charge in [-0.1, -0.05) is 12.8 Å². The summed E-state index contributed by atoms with van der Waals surface area (Å²) in [5.74, 6) is 0. The molecule has 11 heavy (non-hydrogen) atoms. The van der Waals surface area contributed by atoms with E-state index in [-0.39, 0.29) is 9.76 Å². The lowest BCUT2D eigenvalue weighted by molar-refractivity contribution is 0.357. The first-order valence-electron chi connectivity index (χ1n) is 4.63. The number of rotatable bonds is 7. The number of epoxide rings is 1. The Kier molecular flexibility index (Phi) is 4.82. The van der Waals surface area contributed by atoms with E-state index in [2.05, 4.69) is 6.92 Å². The van der Waals surface area contributed by atoms with Crippen molar-refractivity contribution >= 4 is 9.76 Å². The van der Waals surface area contributed by atoms with Crippen molar-refractivity contribution in [3.63, 3.8) is 0 Å². The summed E-state index contributed by atoms with van der Waals surface area (Å²) < 4.78 is 10.5. The minimum Gasteiger partial charge on any atom is -0.424 e. The van der Waals surface area contributed by atoms with Crippen LogP contribution in [0.5, 0.6) is 0 Å². The molecule has 0 bridgehead atoms. The second-order valence-electron chi connectivity index (χ2n) is 3.00. The van der Waals surface area contributed by atoms with Crippen LogP contribution >= 0.6 is 0 Å². The number of ether oxygens (including phenoxy) is 1. The smallest absolute Gasteiger partial charge is 0.161 e. The first-order valence-corrected chi connectivity index (χ1v) is 6.20. The predicted octanol–water partition coefficient (Wildman–Crippen LogP) is 1.09. The van der Waals surface area contributed by atoms with E-state index in [4.69, 9.17) is 9.16 Å². The van der Waals surface area contributed by atoms with Crippen LogP contribution in [-0.2, 0) is 9.16 Å². The lowest BCUT2D eigenvalue weighted by Crippen LogP contribution is -1.97. The monoisotopic (exact) mass is 174 g/mol. The van der Waals surface area contributed by atoms with Crippen molar-refractivity contribution in [3.8, 4) is 0 Å². The SMILES string of the molecule is CCO[SiH2]CCCCC1CO1. The van der Waals surface area contributed by atoms with Gasteiger partial charge in [0, 0.05) is 6.61 Å². The van der Waals surface area contributed by atoms with Crippen molar-refractivity contribution in [2.24, 2.45) is 0 Å². The quantitative estimate of drug-likeness (QED) is 0.327. The zero-order valence-electron chi connectivity index (χ0n) is 7.34. The number of hydrogen-bond acceptors (Lipinski definition) is 2. The zero-order valence-corrected chi connectivity index (χ0v) is 8.76. The molecule has 1 unspecified atom stereocenters. The van der Waals surface area contributed by atoms with Gasteiger partial charge in [-0.05, 0) is 19.4 Å². The molecule has 2 nitrogen and oxygen atoms in total. The second-order valence-corrected chi connectivity index (χ2v) is 4.53. The molecule has 0 aliphatic carbocycles. The molecule has 1 heterocycles. The lowest BCUT2D eigenvalue weighted by atomic mass is 10.2. The minimum atomic E-state index is -0.154. The van der Waals surface area contributed by atoms with E-state index in [1.165, 1.54) is 25.3 Å². The van der Waals surface area contributed by atoms with Gasteiger partial charge < -0.3 is 9.16 Å². The molecule has 0 spiro atoms. The maximum atomic E-state index is 5.36. The Balaban J connectivity index is 1.66. The summed E-state index contributed by atoms with van der Waals surface area (Å²) in [5.41, 5.74) is 0. The molecule has 1 aliphatic rings. The van der Waals surface area contributed by atoms with Crippen molar-refractivity contribution in [1.29, 1.82) is 0 Å². The topological polar surface area (TPSA) is 21.8 Å². The molecule has 66 valence electrons. The average Bonchev–Trinajstić information content (AvgIpc) is 2.80. The number of unbranched alkanes of at least 4 members (excludes halogenated alkanes) is 1. The van der Waals surface area contributed by atoms with E-state index < -0.39 is 0 Å². The van der Waals surface area contributed by atoms with Crippen LogP contribution in [0.15, 0.2) is 0 Å². The van der Waals surface area contributed by atoms with Crippen LogP contribution < -0.4 is 0 Å². The van der Waals surface area contributed by atoms with E-state index in [0.717, 1.165) is 13.2 Å². The van der Waals surface area contributed by atoms with Crippen molar-refractivity contribution in [2.45, 2.75) is 38.3 Å². The summed E-state index contributed by atoms with van der Waals surface area (Å²) >= 11 is 0. The van der Waals surface area contributed by atoms with Crippen molar-refractivity contribution in [3.05, 3.63) is 0 Å². The van der Waals surface area contributed by atoms with Crippen LogP contribution in [0.4, 0.5) is 0 Å². The molecule has 3 heteroatoms. The van der Waals surface area contributed by atoms with Gasteiger partial charge in [-0.15, -0.1) is 0 Å². The molecule has 1 atom stereocenters. The molecule has 0 aromatic heterocycles. The normalized spacial score (nSPS) is 23.2. The van der Waals surface area contributed by atoms with Gasteiger partial charge in [0.1, 0.15) is 0 Å². The van der Waals surface area contributed by atoms with E-state index >= 15 is 0 Å². The second kappa shape index (κ2) is 5.74. The van der Waals surface area contributed by atoms with Crippen molar-refractivity contribution in [1.82, 2.24) is 0 Å². The van der Waals surface area contributed by atoms with Gasteiger partial charge in [-0.2, -0.15) is 0 Å². The molecule has 1 aliphatic heterocycles. The Hall–Kier alpha value is 0.137. The number of hydrogen-bond donors (Lipinski definition) is 0. The largest absolute Gasteiger partial charge is 0.424 e. The summed E-state index contributed by atoms with van der Waals surface area (Å²) in [6.45, 7) is 4.01. The highest BCUT2D eigenvalue weighted by molar-refractivity contribution is 6.26. The maximum absolute atomic E-state index is 5.36. The van der Waals surface area contributed by atoms with Crippen LogP contribution in [-0.4, -0.2) is 29.1 Å². The van der Waals surface area contributed by atoms with Gasteiger partial charge in [0.05, 0.1) is 12.7 Å². The molecule has 0 saturated carbocycles. The Morgan fingerprint density at radius 1 is 1.55 bits per heavy atom. The Morgan fingerprint density at radius 3 is 3.00 bits per heavy atom. The fourth-order valence-corrected chi connectivity index (χ4v) is 2.18. The van der Waals surface area contributed by atoms with E-state index in [1.54, 1.807) is 0 Å². The fraction of sp³-hybridized carbons (Fsp3) is 1.00. The molecule has 1 rings (SSSR count). The molecule has 0 aromatic carbocycles. The van der Waals surface area contributed by atoms with Crippen molar-refractivity contribution < 1.29 is 9.16 Å². The third kappa shape index (κ3) is 5.41. The molecular formula is C8H18O2Si. The van der Waals surface area contributed by atoms with Crippen LogP contribution in [0.1, 0.15) is 26.2 Å². The summed E-state index contributed by atoms with van der Waals surface area (Å²) in [6.07, 6.45) is 4.60. The van der Waals surface area contributed by atoms with E-state index in [0.29, 0.717) is 6.10 Å². The van der Waals surface area contributed by atoms with Gasteiger partial charge in [-0.25, -0.2) is 0 Å². The first-order chi connectivity index (χ1) is 5.43. The zero-order chi connectivity index (χ0) is 7.94. The maximum Gasteiger partial charge on any atom is 0.161 e. The van der Waals surface area contributed by atoms with Crippen LogP contribution in [0, 0.1) is 0 Å². The predicted molar refractivity (Wildman–Crippen MR) is 48.6 cm³/mol. The Bertz CT molecular complexity index is 94.1. The van der Waals surface area contributed by atoms with E-state index in [1.807, 2.05) is 0 Å². The Morgan fingerprint density at radius 2 is 2.36 bits per heavy atom. The highest BCUT2D eigenvalue weighted by Gasteiger charge is 2.20. The third-order valence-corrected chi connectivity index (χ3v) is 3.41. The summed E-state index contributed by atoms with van der Waals surface area (Å²) in [4.78, 5) is 0. The molecule has 1 saturated heterocycles. The Labute approximate surface area is 71.2 Å². The van der Waals surface area contributed by atoms with Crippen LogP contribution in [0.2, 0.25) is 6.04 Å². The highest BCUT2D eigenvalue weighted by atomic mass is 28.2. The summed E-state index contributed by atoms with van der Waals surface area (Å²) in [6, 6.07) is 1.35. The van der Waals surface area contributed by atoms with Crippen LogP contribution in [0.25, 0.3) is 0 Å². The van der Waals surface area contributed by atoms with Crippen molar-refractivity contribution in [2.75, 3.05) is 13.2 Å². The lowest BCUT2D eigenvalue weighted by Gasteiger charge is -1.98. The van der Waals surface area contributed by atoms with Gasteiger partial charge in [0.15, 0.2) is 9.76 Å². The molecule has 0 radical (unpaired) electrons. The van der Waals surface area contributed by atoms with Gasteiger partial charge in [0.2, 0.25) is 0 Å². The fourth-order valence-electron chi connectivity index (χ4n) is 1.13. The highest BCUT2D eigenvalue weighted by Crippen LogP contribution is 2.16. The molecule has 1 fully saturated rings. The standard InChI is InChI=1S/C8H18O2Si/c1-2-10-11-6-4-3-5-8-7-9-8/h8H,2-7,11H2,1H3. The van der Waals surface area contributed by atoms with Gasteiger partial charge >= 0.3 is 0 Å². The molecular weight excluding hydrogens is 156 g/mol. The molecule has 0 N–H and O–H groups in total. The third-order valence-electron chi connectivity index (χ3n) is 1.92. The minimum absolute atomic E-state index is 0.154. The van der Waals surface area contributed by atoms with E-state index in [9.17, 15) is 0 Å². The van der Waals surface area contributed by atoms with Gasteiger partial charge in [-0.3, -0.25) is 0 Å². The molecule has 0 aromatic rings. The summed E-state index contributed by atoms with van der Waals surface area (Å²) in [7, 11) is -0.154. The average molecular weight is 174 g/mol. The molecule has 0 amide bonds. The first kappa shape index (κ1) is 9.23. The summed E-state index contributed by atoms with van der Waals surface area (Å²) in [5, 5.41) is 0. The van der Waals surface area contributed by atoms with Gasteiger partial charge in [0.25, 0.3) is 0 Å².